The van der Waals surface area contributed by atoms with E-state index in [9.17, 15) is 0 Å². The molecule has 5 nitrogen and oxygen atoms in total. The number of furan rings is 1. The summed E-state index contributed by atoms with van der Waals surface area (Å²) in [5.41, 5.74) is 2.41. The van der Waals surface area contributed by atoms with E-state index in [2.05, 4.69) is 42.3 Å². The third-order valence-electron chi connectivity index (χ3n) is 3.06. The molecule has 0 amide bonds. The third-order valence-corrected chi connectivity index (χ3v) is 3.06. The number of aryl methyl sites for hydroxylation is 1. The quantitative estimate of drug-likeness (QED) is 0.841. The summed E-state index contributed by atoms with van der Waals surface area (Å²) in [5, 5.41) is 7.57. The topological polar surface area (TPSA) is 46.2 Å². The van der Waals surface area contributed by atoms with Gasteiger partial charge >= 0.3 is 0 Å². The zero-order chi connectivity index (χ0) is 14.5. The fraction of sp³-hybridized carbons (Fsp3) is 0.533. The van der Waals surface area contributed by atoms with Crippen LogP contribution in [-0.4, -0.2) is 27.8 Å². The minimum atomic E-state index is 0.488. The van der Waals surface area contributed by atoms with Crippen LogP contribution in [0.5, 0.6) is 0 Å². The first-order chi connectivity index (χ1) is 9.52. The van der Waals surface area contributed by atoms with Gasteiger partial charge in [0.25, 0.3) is 0 Å². The van der Waals surface area contributed by atoms with Crippen LogP contribution >= 0.6 is 0 Å². The van der Waals surface area contributed by atoms with E-state index < -0.39 is 0 Å². The number of aromatic nitrogens is 2. The second-order valence-electron chi connectivity index (χ2n) is 5.65. The van der Waals surface area contributed by atoms with Gasteiger partial charge in [0.05, 0.1) is 19.0 Å². The van der Waals surface area contributed by atoms with Gasteiger partial charge in [0.2, 0.25) is 0 Å². The fourth-order valence-corrected chi connectivity index (χ4v) is 2.11. The molecule has 0 unspecified atom stereocenters. The van der Waals surface area contributed by atoms with E-state index in [1.54, 1.807) is 0 Å². The van der Waals surface area contributed by atoms with Gasteiger partial charge in [-0.1, -0.05) is 13.8 Å². The van der Waals surface area contributed by atoms with Crippen molar-refractivity contribution in [3.63, 3.8) is 0 Å². The first-order valence-electron chi connectivity index (χ1n) is 6.98. The van der Waals surface area contributed by atoms with Crippen molar-refractivity contribution < 1.29 is 4.42 Å². The molecular formula is C15H24N4O. The number of nitrogens with one attached hydrogen (secondary N) is 1. The van der Waals surface area contributed by atoms with Gasteiger partial charge < -0.3 is 9.73 Å². The Morgan fingerprint density at radius 2 is 2.15 bits per heavy atom. The van der Waals surface area contributed by atoms with Crippen molar-refractivity contribution in [1.82, 2.24) is 20.0 Å². The van der Waals surface area contributed by atoms with E-state index in [4.69, 9.17) is 4.42 Å². The highest BCUT2D eigenvalue weighted by molar-refractivity contribution is 5.13. The summed E-state index contributed by atoms with van der Waals surface area (Å²) in [6.45, 7) is 6.81. The van der Waals surface area contributed by atoms with Crippen LogP contribution in [0.15, 0.2) is 29.1 Å². The van der Waals surface area contributed by atoms with E-state index >= 15 is 0 Å². The zero-order valence-electron chi connectivity index (χ0n) is 12.8. The van der Waals surface area contributed by atoms with Crippen LogP contribution in [-0.2, 0) is 26.7 Å². The molecule has 0 radical (unpaired) electrons. The van der Waals surface area contributed by atoms with Gasteiger partial charge in [-0.15, -0.1) is 0 Å². The molecule has 0 saturated heterocycles. The largest absolute Gasteiger partial charge is 0.468 e. The SMILES string of the molecule is CC(C)NCc1coc(CN(C)Cc2cnn(C)c2)c1. The first-order valence-corrected chi connectivity index (χ1v) is 6.98. The third kappa shape index (κ3) is 4.51. The molecule has 5 heteroatoms. The second-order valence-corrected chi connectivity index (χ2v) is 5.65. The second kappa shape index (κ2) is 6.72. The molecule has 20 heavy (non-hydrogen) atoms. The minimum absolute atomic E-state index is 0.488. The molecule has 0 aromatic carbocycles. The van der Waals surface area contributed by atoms with Crippen molar-refractivity contribution in [2.45, 2.75) is 39.5 Å². The highest BCUT2D eigenvalue weighted by Crippen LogP contribution is 2.12. The fourth-order valence-electron chi connectivity index (χ4n) is 2.11. The Bertz CT molecular complexity index is 529. The lowest BCUT2D eigenvalue weighted by Gasteiger charge is -2.13. The van der Waals surface area contributed by atoms with Crippen LogP contribution in [0.1, 0.15) is 30.7 Å². The Morgan fingerprint density at radius 3 is 2.80 bits per heavy atom. The monoisotopic (exact) mass is 276 g/mol. The molecule has 2 heterocycles. The van der Waals surface area contributed by atoms with E-state index in [-0.39, 0.29) is 0 Å². The van der Waals surface area contributed by atoms with Crippen molar-refractivity contribution in [2.24, 2.45) is 7.05 Å². The van der Waals surface area contributed by atoms with Crippen LogP contribution in [0.2, 0.25) is 0 Å². The van der Waals surface area contributed by atoms with E-state index in [1.165, 1.54) is 11.1 Å². The summed E-state index contributed by atoms with van der Waals surface area (Å²) in [7, 11) is 4.02. The van der Waals surface area contributed by atoms with E-state index in [0.29, 0.717) is 6.04 Å². The average Bonchev–Trinajstić information content (AvgIpc) is 2.96. The molecule has 0 fully saturated rings. The smallest absolute Gasteiger partial charge is 0.118 e. The molecular weight excluding hydrogens is 252 g/mol. The normalized spacial score (nSPS) is 11.7. The molecule has 0 bridgehead atoms. The summed E-state index contributed by atoms with van der Waals surface area (Å²) in [6.07, 6.45) is 5.77. The highest BCUT2D eigenvalue weighted by Gasteiger charge is 2.07. The highest BCUT2D eigenvalue weighted by atomic mass is 16.3. The molecule has 0 saturated carbocycles. The summed E-state index contributed by atoms with van der Waals surface area (Å²) >= 11 is 0. The standard InChI is InChI=1S/C15H24N4O/c1-12(2)16-6-13-5-15(20-11-13)10-18(3)8-14-7-17-19(4)9-14/h5,7,9,11-12,16H,6,8,10H2,1-4H3. The van der Waals surface area contributed by atoms with Crippen molar-refractivity contribution in [3.05, 3.63) is 41.6 Å². The van der Waals surface area contributed by atoms with Gasteiger partial charge in [-0.2, -0.15) is 5.10 Å². The Morgan fingerprint density at radius 1 is 1.35 bits per heavy atom. The Balaban J connectivity index is 1.83. The van der Waals surface area contributed by atoms with Crippen LogP contribution in [0, 0.1) is 0 Å². The van der Waals surface area contributed by atoms with Crippen LogP contribution < -0.4 is 5.32 Å². The summed E-state index contributed by atoms with van der Waals surface area (Å²) in [6, 6.07) is 2.61. The average molecular weight is 276 g/mol. The van der Waals surface area contributed by atoms with Gasteiger partial charge in [0.15, 0.2) is 0 Å². The minimum Gasteiger partial charge on any atom is -0.468 e. The molecule has 0 atom stereocenters. The number of hydrogen-bond acceptors (Lipinski definition) is 4. The lowest BCUT2D eigenvalue weighted by molar-refractivity contribution is 0.288. The van der Waals surface area contributed by atoms with Gasteiger partial charge in [-0.25, -0.2) is 0 Å². The summed E-state index contributed by atoms with van der Waals surface area (Å²) in [4.78, 5) is 2.22. The molecule has 0 aliphatic heterocycles. The maximum atomic E-state index is 5.61. The Kier molecular flexibility index (Phi) is 4.98. The van der Waals surface area contributed by atoms with Crippen LogP contribution in [0.25, 0.3) is 0 Å². The van der Waals surface area contributed by atoms with Crippen LogP contribution in [0.3, 0.4) is 0 Å². The van der Waals surface area contributed by atoms with E-state index in [1.807, 2.05) is 30.4 Å². The lowest BCUT2D eigenvalue weighted by atomic mass is 10.2. The first kappa shape index (κ1) is 14.8. The maximum absolute atomic E-state index is 5.61. The van der Waals surface area contributed by atoms with Gasteiger partial charge in [0.1, 0.15) is 5.76 Å². The number of nitrogens with zero attached hydrogens (tertiary/aromatic N) is 3. The summed E-state index contributed by atoms with van der Waals surface area (Å²) < 4.78 is 7.43. The molecule has 0 spiro atoms. The van der Waals surface area contributed by atoms with Gasteiger partial charge in [-0.3, -0.25) is 9.58 Å². The van der Waals surface area contributed by atoms with Crippen LogP contribution in [0.4, 0.5) is 0 Å². The predicted octanol–water partition coefficient (Wildman–Crippen LogP) is 2.14. The van der Waals surface area contributed by atoms with Gasteiger partial charge in [0, 0.05) is 43.5 Å². The Labute approximate surface area is 120 Å². The zero-order valence-corrected chi connectivity index (χ0v) is 12.8. The molecule has 0 aliphatic rings. The Hall–Kier alpha value is -1.59. The molecule has 2 aromatic heterocycles. The molecule has 2 aromatic rings. The van der Waals surface area contributed by atoms with E-state index in [0.717, 1.165) is 25.4 Å². The molecule has 2 rings (SSSR count). The van der Waals surface area contributed by atoms with Crippen molar-refractivity contribution in [1.29, 1.82) is 0 Å². The number of hydrogen-bond donors (Lipinski definition) is 1. The molecule has 0 aliphatic carbocycles. The van der Waals surface area contributed by atoms with Crippen molar-refractivity contribution in [2.75, 3.05) is 7.05 Å². The molecule has 1 N–H and O–H groups in total. The maximum Gasteiger partial charge on any atom is 0.118 e. The molecule has 110 valence electrons. The number of rotatable bonds is 7. The summed E-state index contributed by atoms with van der Waals surface area (Å²) in [5.74, 6) is 0.997. The van der Waals surface area contributed by atoms with Crippen molar-refractivity contribution >= 4 is 0 Å². The lowest BCUT2D eigenvalue weighted by Crippen LogP contribution is -2.21. The predicted molar refractivity (Wildman–Crippen MR) is 79.1 cm³/mol. The van der Waals surface area contributed by atoms with Gasteiger partial charge in [-0.05, 0) is 13.1 Å². The van der Waals surface area contributed by atoms with Crippen molar-refractivity contribution in [3.8, 4) is 0 Å².